The maximum absolute atomic E-state index is 13.0. The summed E-state index contributed by atoms with van der Waals surface area (Å²) in [6, 6.07) is 3.82. The Bertz CT molecular complexity index is 454. The molecule has 0 amide bonds. The van der Waals surface area contributed by atoms with E-state index in [-0.39, 0.29) is 5.56 Å². The average molecular weight is 358 g/mol. The second-order valence-electron chi connectivity index (χ2n) is 5.03. The highest BCUT2D eigenvalue weighted by molar-refractivity contribution is 9.10. The van der Waals surface area contributed by atoms with Gasteiger partial charge in [-0.3, -0.25) is 0 Å². The molecule has 0 radical (unpaired) electrons. The molecular formula is C12H15BrF3NOS. The second-order valence-corrected chi connectivity index (χ2v) is 7.94. The minimum Gasteiger partial charge on any atom is -0.242 e. The van der Waals surface area contributed by atoms with Gasteiger partial charge in [0.05, 0.1) is 15.7 Å². The summed E-state index contributed by atoms with van der Waals surface area (Å²) in [5, 5.41) is 0. The zero-order valence-corrected chi connectivity index (χ0v) is 13.1. The van der Waals surface area contributed by atoms with Gasteiger partial charge in [0.1, 0.15) is 6.04 Å². The summed E-state index contributed by atoms with van der Waals surface area (Å²) in [5.41, 5.74) is 0.0355. The third-order valence-corrected chi connectivity index (χ3v) is 4.40. The number of hydrogen-bond donors (Lipinski definition) is 1. The first-order valence-corrected chi connectivity index (χ1v) is 7.46. The van der Waals surface area contributed by atoms with Gasteiger partial charge in [0.15, 0.2) is 0 Å². The Kier molecular flexibility index (Phi) is 5.20. The van der Waals surface area contributed by atoms with Crippen LogP contribution in [-0.4, -0.2) is 15.1 Å². The standard InChI is InChI=1S/C12H15BrF3NOS/c1-11(2,3)19(18)17-10(12(14,15)16)8-4-6-9(13)7-5-8/h4-7,10,17H,1-3H3. The lowest BCUT2D eigenvalue weighted by Gasteiger charge is -2.26. The largest absolute Gasteiger partial charge is 0.408 e. The number of rotatable bonds is 3. The van der Waals surface area contributed by atoms with Gasteiger partial charge >= 0.3 is 6.18 Å². The fourth-order valence-electron chi connectivity index (χ4n) is 1.26. The molecule has 7 heteroatoms. The predicted octanol–water partition coefficient (Wildman–Crippen LogP) is 4.10. The average Bonchev–Trinajstić information content (AvgIpc) is 2.24. The van der Waals surface area contributed by atoms with Crippen LogP contribution >= 0.6 is 15.9 Å². The van der Waals surface area contributed by atoms with E-state index in [1.165, 1.54) is 24.3 Å². The zero-order valence-electron chi connectivity index (χ0n) is 10.7. The molecule has 0 saturated heterocycles. The Labute approximate surface area is 121 Å². The first kappa shape index (κ1) is 16.7. The lowest BCUT2D eigenvalue weighted by molar-refractivity contribution is -0.152. The Morgan fingerprint density at radius 2 is 1.63 bits per heavy atom. The quantitative estimate of drug-likeness (QED) is 0.866. The highest BCUT2D eigenvalue weighted by Gasteiger charge is 2.42. The van der Waals surface area contributed by atoms with Gasteiger partial charge in [0.2, 0.25) is 0 Å². The molecule has 0 aromatic heterocycles. The van der Waals surface area contributed by atoms with Crippen LogP contribution in [0.25, 0.3) is 0 Å². The van der Waals surface area contributed by atoms with Crippen LogP contribution in [0.4, 0.5) is 13.2 Å². The van der Waals surface area contributed by atoms with Crippen molar-refractivity contribution in [1.82, 2.24) is 4.72 Å². The lowest BCUT2D eigenvalue weighted by Crippen LogP contribution is -2.41. The van der Waals surface area contributed by atoms with Crippen molar-refractivity contribution in [1.29, 1.82) is 0 Å². The summed E-state index contributed by atoms with van der Waals surface area (Å²) in [5.74, 6) is 0. The van der Waals surface area contributed by atoms with Gasteiger partial charge in [0.25, 0.3) is 0 Å². The highest BCUT2D eigenvalue weighted by Crippen LogP contribution is 2.34. The van der Waals surface area contributed by atoms with Crippen LogP contribution in [0.5, 0.6) is 0 Å². The summed E-state index contributed by atoms with van der Waals surface area (Å²) in [6.07, 6.45) is -4.51. The van der Waals surface area contributed by atoms with Crippen LogP contribution in [0.1, 0.15) is 32.4 Å². The third-order valence-electron chi connectivity index (χ3n) is 2.31. The minimum atomic E-state index is -4.51. The van der Waals surface area contributed by atoms with Gasteiger partial charge in [0, 0.05) is 4.47 Å². The van der Waals surface area contributed by atoms with Gasteiger partial charge < -0.3 is 0 Å². The van der Waals surface area contributed by atoms with Crippen molar-refractivity contribution in [2.75, 3.05) is 0 Å². The Morgan fingerprint density at radius 3 is 2.00 bits per heavy atom. The van der Waals surface area contributed by atoms with Crippen LogP contribution in [0.15, 0.2) is 28.7 Å². The molecule has 108 valence electrons. The molecule has 0 aliphatic heterocycles. The van der Waals surface area contributed by atoms with Gasteiger partial charge in [-0.2, -0.15) is 13.2 Å². The van der Waals surface area contributed by atoms with Crippen molar-refractivity contribution >= 4 is 26.9 Å². The second kappa shape index (κ2) is 5.93. The Hall–Kier alpha value is -0.400. The van der Waals surface area contributed by atoms with E-state index in [0.717, 1.165) is 0 Å². The highest BCUT2D eigenvalue weighted by atomic mass is 79.9. The number of halogens is 4. The summed E-state index contributed by atoms with van der Waals surface area (Å²) in [7, 11) is -1.80. The molecular weight excluding hydrogens is 343 g/mol. The molecule has 2 nitrogen and oxygen atoms in total. The van der Waals surface area contributed by atoms with Gasteiger partial charge in [-0.1, -0.05) is 28.1 Å². The molecule has 1 N–H and O–H groups in total. The maximum atomic E-state index is 13.0. The number of benzene rings is 1. The van der Waals surface area contributed by atoms with Crippen molar-refractivity contribution in [2.45, 2.75) is 37.7 Å². The smallest absolute Gasteiger partial charge is 0.242 e. The van der Waals surface area contributed by atoms with E-state index < -0.39 is 28.0 Å². The molecule has 0 aliphatic carbocycles. The normalized spacial score (nSPS) is 16.2. The van der Waals surface area contributed by atoms with E-state index in [2.05, 4.69) is 20.7 Å². The Balaban J connectivity index is 3.04. The molecule has 0 saturated carbocycles. The molecule has 1 rings (SSSR count). The molecule has 19 heavy (non-hydrogen) atoms. The van der Waals surface area contributed by atoms with E-state index >= 15 is 0 Å². The van der Waals surface area contributed by atoms with E-state index in [1.807, 2.05) is 0 Å². The van der Waals surface area contributed by atoms with Gasteiger partial charge in [-0.25, -0.2) is 8.93 Å². The van der Waals surface area contributed by atoms with Crippen LogP contribution in [0.3, 0.4) is 0 Å². The fraction of sp³-hybridized carbons (Fsp3) is 0.500. The summed E-state index contributed by atoms with van der Waals surface area (Å²) in [4.78, 5) is 0. The van der Waals surface area contributed by atoms with E-state index in [0.29, 0.717) is 4.47 Å². The van der Waals surface area contributed by atoms with Crippen molar-refractivity contribution in [3.8, 4) is 0 Å². The SMILES string of the molecule is CC(C)(C)S(=O)NC(c1ccc(Br)cc1)C(F)(F)F. The van der Waals surface area contributed by atoms with Crippen LogP contribution in [0, 0.1) is 0 Å². The molecule has 2 atom stereocenters. The first-order valence-electron chi connectivity index (χ1n) is 5.52. The molecule has 0 aliphatic rings. The van der Waals surface area contributed by atoms with Crippen LogP contribution in [0.2, 0.25) is 0 Å². The molecule has 0 heterocycles. The molecule has 1 aromatic carbocycles. The summed E-state index contributed by atoms with van der Waals surface area (Å²) >= 11 is 3.17. The van der Waals surface area contributed by atoms with E-state index in [4.69, 9.17) is 0 Å². The predicted molar refractivity (Wildman–Crippen MR) is 74.0 cm³/mol. The van der Waals surface area contributed by atoms with Crippen LogP contribution in [-0.2, 0) is 11.0 Å². The molecule has 0 spiro atoms. The number of alkyl halides is 3. The third kappa shape index (κ3) is 4.89. The van der Waals surface area contributed by atoms with Gasteiger partial charge in [-0.05, 0) is 38.5 Å². The van der Waals surface area contributed by atoms with Crippen molar-refractivity contribution < 1.29 is 17.4 Å². The molecule has 2 unspecified atom stereocenters. The molecule has 0 bridgehead atoms. The van der Waals surface area contributed by atoms with Crippen molar-refractivity contribution in [3.63, 3.8) is 0 Å². The first-order chi connectivity index (χ1) is 8.51. The fourth-order valence-corrected chi connectivity index (χ4v) is 2.36. The number of hydrogen-bond acceptors (Lipinski definition) is 1. The summed E-state index contributed by atoms with van der Waals surface area (Å²) in [6.45, 7) is 4.85. The monoisotopic (exact) mass is 357 g/mol. The van der Waals surface area contributed by atoms with Crippen molar-refractivity contribution in [3.05, 3.63) is 34.3 Å². The van der Waals surface area contributed by atoms with E-state index in [9.17, 15) is 17.4 Å². The van der Waals surface area contributed by atoms with Crippen molar-refractivity contribution in [2.24, 2.45) is 0 Å². The topological polar surface area (TPSA) is 29.1 Å². The Morgan fingerprint density at radius 1 is 1.16 bits per heavy atom. The van der Waals surface area contributed by atoms with Gasteiger partial charge in [-0.15, -0.1) is 0 Å². The molecule has 1 aromatic rings. The maximum Gasteiger partial charge on any atom is 0.408 e. The zero-order chi connectivity index (χ0) is 14.8. The molecule has 0 fully saturated rings. The lowest BCUT2D eigenvalue weighted by atomic mass is 10.1. The minimum absolute atomic E-state index is 0.0355. The van der Waals surface area contributed by atoms with Crippen LogP contribution < -0.4 is 4.72 Å². The number of nitrogens with one attached hydrogen (secondary N) is 1. The summed E-state index contributed by atoms with van der Waals surface area (Å²) < 4.78 is 53.1. The van der Waals surface area contributed by atoms with E-state index in [1.54, 1.807) is 20.8 Å².